The van der Waals surface area contributed by atoms with Gasteiger partial charge < -0.3 is 9.88 Å². The molecule has 1 aliphatic rings. The summed E-state index contributed by atoms with van der Waals surface area (Å²) < 4.78 is 1.69. The van der Waals surface area contributed by atoms with E-state index in [0.717, 1.165) is 24.3 Å². The zero-order valence-electron chi connectivity index (χ0n) is 12.7. The Kier molecular flexibility index (Phi) is 3.99. The Morgan fingerprint density at radius 3 is 3.18 bits per heavy atom. The normalized spacial score (nSPS) is 16.9. The zero-order valence-corrected chi connectivity index (χ0v) is 13.5. The van der Waals surface area contributed by atoms with Crippen LogP contribution in [0.3, 0.4) is 0 Å². The van der Waals surface area contributed by atoms with Gasteiger partial charge in [0.1, 0.15) is 11.8 Å². The van der Waals surface area contributed by atoms with Crippen molar-refractivity contribution in [3.63, 3.8) is 0 Å². The number of nitrogens with zero attached hydrogens (tertiary/aromatic N) is 3. The van der Waals surface area contributed by atoms with Gasteiger partial charge in [-0.3, -0.25) is 4.79 Å². The first-order valence-corrected chi connectivity index (χ1v) is 8.21. The van der Waals surface area contributed by atoms with Gasteiger partial charge in [0.25, 0.3) is 5.91 Å². The second kappa shape index (κ2) is 5.93. The lowest BCUT2D eigenvalue weighted by atomic mass is 9.91. The number of hydrogen-bond acceptors (Lipinski definition) is 4. The monoisotopic (exact) mass is 314 g/mol. The zero-order chi connectivity index (χ0) is 15.7. The molecular weight excluding hydrogens is 296 g/mol. The van der Waals surface area contributed by atoms with Crippen LogP contribution in [0.2, 0.25) is 0 Å². The lowest BCUT2D eigenvalue weighted by Crippen LogP contribution is -2.31. The van der Waals surface area contributed by atoms with Crippen LogP contribution in [0.4, 0.5) is 0 Å². The van der Waals surface area contributed by atoms with Gasteiger partial charge in [0.05, 0.1) is 16.3 Å². The van der Waals surface area contributed by atoms with Gasteiger partial charge in [-0.05, 0) is 32.3 Å². The number of thiazole rings is 1. The summed E-state index contributed by atoms with van der Waals surface area (Å²) in [7, 11) is 1.78. The second-order valence-corrected chi connectivity index (χ2v) is 6.96. The highest BCUT2D eigenvalue weighted by Crippen LogP contribution is 2.34. The van der Waals surface area contributed by atoms with Crippen molar-refractivity contribution < 1.29 is 4.79 Å². The fraction of sp³-hybridized carbons (Fsp3) is 0.438. The number of aryl methyl sites for hydroxylation is 3. The molecule has 0 saturated carbocycles. The maximum atomic E-state index is 12.3. The van der Waals surface area contributed by atoms with E-state index in [9.17, 15) is 4.79 Å². The van der Waals surface area contributed by atoms with Crippen LogP contribution in [0.1, 0.15) is 50.4 Å². The lowest BCUT2D eigenvalue weighted by Gasteiger charge is -2.21. The average molecular weight is 314 g/mol. The van der Waals surface area contributed by atoms with Crippen molar-refractivity contribution in [1.82, 2.24) is 14.9 Å². The van der Waals surface area contributed by atoms with Crippen molar-refractivity contribution in [2.24, 2.45) is 7.05 Å². The van der Waals surface area contributed by atoms with Crippen molar-refractivity contribution in [2.45, 2.75) is 32.1 Å². The van der Waals surface area contributed by atoms with Crippen LogP contribution >= 0.6 is 11.3 Å². The summed E-state index contributed by atoms with van der Waals surface area (Å²) in [6.07, 6.45) is 4.98. The minimum atomic E-state index is -0.136. The molecule has 3 rings (SSSR count). The Hall–Kier alpha value is -2.13. The predicted molar refractivity (Wildman–Crippen MR) is 85.0 cm³/mol. The number of aromatic nitrogens is 2. The van der Waals surface area contributed by atoms with Crippen molar-refractivity contribution in [3.8, 4) is 6.07 Å². The fourth-order valence-corrected chi connectivity index (χ4v) is 4.05. The number of rotatable bonds is 3. The maximum absolute atomic E-state index is 12.3. The molecule has 1 aliphatic carbocycles. The Balaban J connectivity index is 1.69. The highest BCUT2D eigenvalue weighted by atomic mass is 32.1. The molecule has 114 valence electrons. The number of nitrogens with one attached hydrogen (secondary N) is 1. The molecule has 0 radical (unpaired) electrons. The smallest absolute Gasteiger partial charge is 0.267 e. The Morgan fingerprint density at radius 2 is 2.45 bits per heavy atom. The molecule has 1 atom stereocenters. The van der Waals surface area contributed by atoms with Crippen LogP contribution in [0.15, 0.2) is 12.3 Å². The predicted octanol–water partition coefficient (Wildman–Crippen LogP) is 2.51. The summed E-state index contributed by atoms with van der Waals surface area (Å²) in [5, 5.41) is 13.0. The summed E-state index contributed by atoms with van der Waals surface area (Å²) in [6.45, 7) is 2.63. The van der Waals surface area contributed by atoms with Gasteiger partial charge in [0, 0.05) is 30.6 Å². The van der Waals surface area contributed by atoms with Gasteiger partial charge in [0.2, 0.25) is 0 Å². The van der Waals surface area contributed by atoms with Crippen LogP contribution in [-0.2, 0) is 13.5 Å². The van der Waals surface area contributed by atoms with E-state index in [1.54, 1.807) is 35.2 Å². The molecule has 2 heterocycles. The van der Waals surface area contributed by atoms with Crippen molar-refractivity contribution in [3.05, 3.63) is 39.1 Å². The molecule has 1 amide bonds. The molecule has 0 spiro atoms. The second-order valence-electron chi connectivity index (χ2n) is 5.68. The molecule has 0 saturated heterocycles. The summed E-state index contributed by atoms with van der Waals surface area (Å²) in [5.74, 6) is 0.163. The molecule has 2 aromatic heterocycles. The van der Waals surface area contributed by atoms with Crippen molar-refractivity contribution in [2.75, 3.05) is 6.54 Å². The first kappa shape index (κ1) is 14.8. The van der Waals surface area contributed by atoms with Gasteiger partial charge in [-0.1, -0.05) is 0 Å². The standard InChI is InChI=1S/C16H18N4OS/c1-10-19-15-12(4-3-5-14(15)22-10)8-18-16(21)13-6-11(7-17)9-20(13)2/h6,9,12H,3-5,8H2,1-2H3,(H,18,21). The molecule has 1 N–H and O–H groups in total. The number of hydrogen-bond donors (Lipinski definition) is 1. The molecule has 1 unspecified atom stereocenters. The van der Waals surface area contributed by atoms with E-state index in [-0.39, 0.29) is 5.91 Å². The van der Waals surface area contributed by atoms with Gasteiger partial charge in [-0.25, -0.2) is 4.98 Å². The van der Waals surface area contributed by atoms with Gasteiger partial charge in [0.15, 0.2) is 0 Å². The molecule has 5 nitrogen and oxygen atoms in total. The Bertz CT molecular complexity index is 753. The minimum Gasteiger partial charge on any atom is -0.350 e. The van der Waals surface area contributed by atoms with E-state index in [0.29, 0.717) is 23.7 Å². The highest BCUT2D eigenvalue weighted by molar-refractivity contribution is 7.11. The molecular formula is C16H18N4OS. The third-order valence-electron chi connectivity index (χ3n) is 4.05. The SMILES string of the molecule is Cc1nc2c(s1)CCCC2CNC(=O)c1cc(C#N)cn1C. The molecule has 22 heavy (non-hydrogen) atoms. The van der Waals surface area contributed by atoms with E-state index in [1.165, 1.54) is 10.6 Å². The van der Waals surface area contributed by atoms with Crippen LogP contribution in [0.5, 0.6) is 0 Å². The van der Waals surface area contributed by atoms with Crippen LogP contribution < -0.4 is 5.32 Å². The minimum absolute atomic E-state index is 0.136. The number of carbonyl (C=O) groups excluding carboxylic acids is 1. The molecule has 0 aromatic carbocycles. The topological polar surface area (TPSA) is 70.7 Å². The van der Waals surface area contributed by atoms with Gasteiger partial charge >= 0.3 is 0 Å². The molecule has 0 fully saturated rings. The quantitative estimate of drug-likeness (QED) is 0.946. The van der Waals surface area contributed by atoms with E-state index in [2.05, 4.69) is 16.4 Å². The number of amides is 1. The third kappa shape index (κ3) is 2.77. The van der Waals surface area contributed by atoms with Crippen LogP contribution in [0, 0.1) is 18.3 Å². The first-order chi connectivity index (χ1) is 10.6. The summed E-state index contributed by atoms with van der Waals surface area (Å²) in [4.78, 5) is 18.3. The van der Waals surface area contributed by atoms with Crippen molar-refractivity contribution >= 4 is 17.2 Å². The Labute approximate surface area is 133 Å². The highest BCUT2D eigenvalue weighted by Gasteiger charge is 2.24. The first-order valence-electron chi connectivity index (χ1n) is 7.39. The molecule has 2 aromatic rings. The molecule has 0 aliphatic heterocycles. The van der Waals surface area contributed by atoms with E-state index in [4.69, 9.17) is 5.26 Å². The maximum Gasteiger partial charge on any atom is 0.267 e. The van der Waals surface area contributed by atoms with Gasteiger partial charge in [-0.2, -0.15) is 5.26 Å². The molecule has 6 heteroatoms. The number of fused-ring (bicyclic) bond motifs is 1. The Morgan fingerprint density at radius 1 is 1.64 bits per heavy atom. The number of carbonyl (C=O) groups is 1. The molecule has 0 bridgehead atoms. The van der Waals surface area contributed by atoms with Gasteiger partial charge in [-0.15, -0.1) is 11.3 Å². The average Bonchev–Trinajstić information content (AvgIpc) is 3.06. The third-order valence-corrected chi connectivity index (χ3v) is 5.10. The van der Waals surface area contributed by atoms with Crippen LogP contribution in [-0.4, -0.2) is 22.0 Å². The van der Waals surface area contributed by atoms with E-state index in [1.807, 2.05) is 6.92 Å². The summed E-state index contributed by atoms with van der Waals surface area (Å²) in [6, 6.07) is 3.67. The summed E-state index contributed by atoms with van der Waals surface area (Å²) >= 11 is 1.77. The lowest BCUT2D eigenvalue weighted by molar-refractivity contribution is 0.0942. The van der Waals surface area contributed by atoms with E-state index < -0.39 is 0 Å². The van der Waals surface area contributed by atoms with E-state index >= 15 is 0 Å². The fourth-order valence-electron chi connectivity index (χ4n) is 2.99. The number of nitriles is 1. The van der Waals surface area contributed by atoms with Crippen LogP contribution in [0.25, 0.3) is 0 Å². The largest absolute Gasteiger partial charge is 0.350 e. The van der Waals surface area contributed by atoms with Crippen molar-refractivity contribution in [1.29, 1.82) is 5.26 Å². The summed E-state index contributed by atoms with van der Waals surface area (Å²) in [5.41, 5.74) is 2.18.